The maximum Gasteiger partial charge on any atom is 1.00 e. The van der Waals surface area contributed by atoms with Gasteiger partial charge in [-0.2, -0.15) is 0 Å². The number of ether oxygens (including phenoxy) is 1. The molecule has 0 spiro atoms. The summed E-state index contributed by atoms with van der Waals surface area (Å²) in [4.78, 5) is 26.8. The smallest absolute Gasteiger partial charge is 0.548 e. The van der Waals surface area contributed by atoms with E-state index in [0.29, 0.717) is 5.75 Å². The molecule has 7 heteroatoms. The number of carbonyl (C=O) groups is 2. The molecule has 0 aliphatic heterocycles. The van der Waals surface area contributed by atoms with Crippen molar-refractivity contribution in [1.82, 2.24) is 10.3 Å². The van der Waals surface area contributed by atoms with Crippen molar-refractivity contribution < 1.29 is 49.0 Å². The summed E-state index contributed by atoms with van der Waals surface area (Å²) in [6, 6.07) is 13.6. The minimum atomic E-state index is -1.33. The van der Waals surface area contributed by atoms with Crippen LogP contribution in [0.4, 0.5) is 0 Å². The second-order valence-electron chi connectivity index (χ2n) is 6.02. The van der Waals surface area contributed by atoms with Crippen LogP contribution in [0.5, 0.6) is 5.75 Å². The van der Waals surface area contributed by atoms with Crippen molar-refractivity contribution in [3.8, 4) is 5.75 Å². The molecule has 1 atom stereocenters. The van der Waals surface area contributed by atoms with Crippen molar-refractivity contribution in [3.05, 3.63) is 71.9 Å². The number of carboxylic acids is 1. The number of benzene rings is 2. The summed E-state index contributed by atoms with van der Waals surface area (Å²) in [7, 11) is 1.54. The molecule has 0 radical (unpaired) electrons. The zero-order chi connectivity index (χ0) is 19.2. The van der Waals surface area contributed by atoms with Crippen LogP contribution in [0, 0.1) is 0 Å². The molecule has 3 rings (SSSR count). The number of aromatic nitrogens is 1. The SMILES string of the molecule is COc1ccccc1C=CC(=O)N[C@@H](Cc1c[nH]c2ccccc12)C(=O)[O-].[Na+]. The van der Waals surface area contributed by atoms with Crippen LogP contribution in [0.1, 0.15) is 11.1 Å². The van der Waals surface area contributed by atoms with E-state index in [2.05, 4.69) is 10.3 Å². The van der Waals surface area contributed by atoms with E-state index in [4.69, 9.17) is 4.74 Å². The van der Waals surface area contributed by atoms with E-state index in [1.54, 1.807) is 31.5 Å². The van der Waals surface area contributed by atoms with Gasteiger partial charge < -0.3 is 24.9 Å². The molecular formula is C21H19N2NaO4. The van der Waals surface area contributed by atoms with Crippen LogP contribution in [-0.2, 0) is 16.0 Å². The molecule has 0 bridgehead atoms. The minimum absolute atomic E-state index is 0. The van der Waals surface area contributed by atoms with Gasteiger partial charge in [0.05, 0.1) is 19.1 Å². The number of para-hydroxylation sites is 2. The molecular weight excluding hydrogens is 367 g/mol. The van der Waals surface area contributed by atoms with Crippen LogP contribution in [0.25, 0.3) is 17.0 Å². The van der Waals surface area contributed by atoms with Crippen LogP contribution in [0.15, 0.2) is 60.8 Å². The molecule has 2 aromatic carbocycles. The Morgan fingerprint density at radius 1 is 1.18 bits per heavy atom. The van der Waals surface area contributed by atoms with Crippen molar-refractivity contribution in [2.24, 2.45) is 0 Å². The van der Waals surface area contributed by atoms with E-state index >= 15 is 0 Å². The molecule has 1 aromatic heterocycles. The van der Waals surface area contributed by atoms with Gasteiger partial charge in [0.2, 0.25) is 5.91 Å². The summed E-state index contributed by atoms with van der Waals surface area (Å²) in [5, 5.41) is 14.9. The number of carboxylic acid groups (broad SMARTS) is 1. The zero-order valence-corrected chi connectivity index (χ0v) is 17.8. The molecule has 2 N–H and O–H groups in total. The Labute approximate surface area is 184 Å². The first kappa shape index (κ1) is 21.8. The normalized spacial score (nSPS) is 11.8. The first-order valence-corrected chi connectivity index (χ1v) is 8.46. The minimum Gasteiger partial charge on any atom is -0.548 e. The molecule has 1 amide bonds. The second-order valence-corrected chi connectivity index (χ2v) is 6.02. The summed E-state index contributed by atoms with van der Waals surface area (Å²) < 4.78 is 5.22. The van der Waals surface area contributed by atoms with Gasteiger partial charge in [0, 0.05) is 35.2 Å². The molecule has 6 nitrogen and oxygen atoms in total. The third-order valence-electron chi connectivity index (χ3n) is 4.25. The number of aliphatic carboxylic acids is 1. The number of rotatable bonds is 7. The van der Waals surface area contributed by atoms with Crippen LogP contribution in [0.2, 0.25) is 0 Å². The molecule has 0 saturated heterocycles. The molecule has 0 aliphatic rings. The Bertz CT molecular complexity index is 997. The van der Waals surface area contributed by atoms with Gasteiger partial charge >= 0.3 is 29.6 Å². The van der Waals surface area contributed by atoms with Gasteiger partial charge in [-0.1, -0.05) is 36.4 Å². The fraction of sp³-hybridized carbons (Fsp3) is 0.143. The topological polar surface area (TPSA) is 94.2 Å². The predicted octanol–water partition coefficient (Wildman–Crippen LogP) is -1.33. The fourth-order valence-corrected chi connectivity index (χ4v) is 2.90. The Kier molecular flexibility index (Phi) is 7.87. The van der Waals surface area contributed by atoms with Gasteiger partial charge in [-0.05, 0) is 23.8 Å². The number of H-pyrrole nitrogens is 1. The van der Waals surface area contributed by atoms with E-state index in [1.807, 2.05) is 36.4 Å². The predicted molar refractivity (Wildman–Crippen MR) is 101 cm³/mol. The summed E-state index contributed by atoms with van der Waals surface area (Å²) in [6.45, 7) is 0. The monoisotopic (exact) mass is 386 g/mol. The van der Waals surface area contributed by atoms with Gasteiger partial charge in [0.25, 0.3) is 0 Å². The number of amides is 1. The summed E-state index contributed by atoms with van der Waals surface area (Å²) in [5.74, 6) is -1.23. The van der Waals surface area contributed by atoms with E-state index in [1.165, 1.54) is 6.08 Å². The average molecular weight is 386 g/mol. The second kappa shape index (κ2) is 10.1. The first-order valence-electron chi connectivity index (χ1n) is 8.46. The maximum atomic E-state index is 12.2. The number of aromatic amines is 1. The number of hydrogen-bond donors (Lipinski definition) is 2. The van der Waals surface area contributed by atoms with Crippen LogP contribution >= 0.6 is 0 Å². The molecule has 0 fully saturated rings. The van der Waals surface area contributed by atoms with Crippen molar-refractivity contribution in [2.45, 2.75) is 12.5 Å². The van der Waals surface area contributed by atoms with Gasteiger partial charge in [-0.25, -0.2) is 0 Å². The molecule has 0 saturated carbocycles. The molecule has 0 aliphatic carbocycles. The van der Waals surface area contributed by atoms with Gasteiger partial charge in [-0.15, -0.1) is 0 Å². The van der Waals surface area contributed by atoms with Crippen molar-refractivity contribution >= 4 is 28.9 Å². The molecule has 0 unspecified atom stereocenters. The third kappa shape index (κ3) is 5.25. The van der Waals surface area contributed by atoms with Gasteiger partial charge in [0.15, 0.2) is 0 Å². The number of hydrogen-bond acceptors (Lipinski definition) is 4. The first-order chi connectivity index (χ1) is 13.1. The van der Waals surface area contributed by atoms with Crippen molar-refractivity contribution in [3.63, 3.8) is 0 Å². The molecule has 138 valence electrons. The van der Waals surface area contributed by atoms with E-state index in [9.17, 15) is 14.7 Å². The van der Waals surface area contributed by atoms with E-state index < -0.39 is 17.9 Å². The quantitative estimate of drug-likeness (QED) is 0.389. The Morgan fingerprint density at radius 2 is 1.89 bits per heavy atom. The van der Waals surface area contributed by atoms with Crippen molar-refractivity contribution in [1.29, 1.82) is 0 Å². The summed E-state index contributed by atoms with van der Waals surface area (Å²) in [5.41, 5.74) is 2.43. The van der Waals surface area contributed by atoms with E-state index in [0.717, 1.165) is 22.0 Å². The zero-order valence-electron chi connectivity index (χ0n) is 15.8. The number of nitrogens with one attached hydrogen (secondary N) is 2. The van der Waals surface area contributed by atoms with Crippen molar-refractivity contribution in [2.75, 3.05) is 7.11 Å². The van der Waals surface area contributed by atoms with Crippen LogP contribution in [-0.4, -0.2) is 30.0 Å². The summed E-state index contributed by atoms with van der Waals surface area (Å²) in [6.07, 6.45) is 4.73. The molecule has 28 heavy (non-hydrogen) atoms. The molecule has 1 heterocycles. The Balaban J connectivity index is 0.00000280. The largest absolute Gasteiger partial charge is 1.00 e. The van der Waals surface area contributed by atoms with E-state index in [-0.39, 0.29) is 36.0 Å². The fourth-order valence-electron chi connectivity index (χ4n) is 2.90. The average Bonchev–Trinajstić information content (AvgIpc) is 3.09. The maximum absolute atomic E-state index is 12.2. The summed E-state index contributed by atoms with van der Waals surface area (Å²) >= 11 is 0. The van der Waals surface area contributed by atoms with Crippen LogP contribution in [0.3, 0.4) is 0 Å². The Hall–Kier alpha value is -2.54. The number of methoxy groups -OCH3 is 1. The Morgan fingerprint density at radius 3 is 2.64 bits per heavy atom. The number of carbonyl (C=O) groups excluding carboxylic acids is 2. The van der Waals surface area contributed by atoms with Crippen LogP contribution < -0.4 is 44.7 Å². The standard InChI is InChI=1S/C21H20N2O4.Na/c1-27-19-9-5-2-6-14(19)10-11-20(24)23-18(21(25)26)12-15-13-22-17-8-4-3-7-16(15)17;/h2-11,13,18,22H,12H2,1H3,(H,23,24)(H,25,26);/q;+1/p-1/t18-;/m0./s1. The molecule has 3 aromatic rings. The van der Waals surface area contributed by atoms with Gasteiger partial charge in [0.1, 0.15) is 5.75 Å². The third-order valence-corrected chi connectivity index (χ3v) is 4.25. The van der Waals surface area contributed by atoms with Gasteiger partial charge in [-0.3, -0.25) is 4.79 Å². The number of fused-ring (bicyclic) bond motifs is 1.